The van der Waals surface area contributed by atoms with Crippen molar-refractivity contribution in [2.75, 3.05) is 0 Å². The van der Waals surface area contributed by atoms with E-state index in [-0.39, 0.29) is 14.4 Å². The van der Waals surface area contributed by atoms with Crippen LogP contribution in [0.1, 0.15) is 0 Å². The molecule has 7 heteroatoms. The van der Waals surface area contributed by atoms with Gasteiger partial charge in [-0.3, -0.25) is 0 Å². The quantitative estimate of drug-likeness (QED) is 0.590. The van der Waals surface area contributed by atoms with Crippen LogP contribution in [0.2, 0.25) is 5.02 Å². The van der Waals surface area contributed by atoms with Gasteiger partial charge in [0.1, 0.15) is 0 Å². The zero-order valence-electron chi connectivity index (χ0n) is 5.89. The van der Waals surface area contributed by atoms with Crippen LogP contribution in [0.5, 0.6) is 0 Å². The normalized spacial score (nSPS) is 11.7. The summed E-state index contributed by atoms with van der Waals surface area (Å²) in [5, 5.41) is -0.298. The molecule has 0 aliphatic carbocycles. The maximum Gasteiger partial charge on any atom is 0.261 e. The Morgan fingerprint density at radius 3 is 2.31 bits per heavy atom. The molecule has 1 rings (SSSR count). The van der Waals surface area contributed by atoms with E-state index in [0.29, 0.717) is 0 Å². The van der Waals surface area contributed by atoms with Gasteiger partial charge in [0.05, 0.1) is 14.4 Å². The summed E-state index contributed by atoms with van der Waals surface area (Å²) in [5.74, 6) is -0.717. The molecule has 0 atom stereocenters. The molecule has 0 amide bonds. The summed E-state index contributed by atoms with van der Waals surface area (Å²) in [7, 11) is 1.15. The molecular formula is C6H2BrCl2FO2S. The van der Waals surface area contributed by atoms with Gasteiger partial charge in [-0.25, -0.2) is 12.8 Å². The van der Waals surface area contributed by atoms with E-state index in [4.69, 9.17) is 22.3 Å². The fourth-order valence-corrected chi connectivity index (χ4v) is 2.47. The highest BCUT2D eigenvalue weighted by atomic mass is 79.9. The van der Waals surface area contributed by atoms with Crippen molar-refractivity contribution in [1.82, 2.24) is 0 Å². The molecule has 0 heterocycles. The van der Waals surface area contributed by atoms with Crippen molar-refractivity contribution < 1.29 is 12.8 Å². The molecule has 0 spiro atoms. The molecule has 0 N–H and O–H groups in total. The number of benzene rings is 1. The van der Waals surface area contributed by atoms with Crippen molar-refractivity contribution in [3.63, 3.8) is 0 Å². The zero-order valence-corrected chi connectivity index (χ0v) is 9.81. The highest BCUT2D eigenvalue weighted by Crippen LogP contribution is 2.28. The van der Waals surface area contributed by atoms with Crippen LogP contribution < -0.4 is 0 Å². The third kappa shape index (κ3) is 2.56. The van der Waals surface area contributed by atoms with Gasteiger partial charge >= 0.3 is 0 Å². The van der Waals surface area contributed by atoms with Gasteiger partial charge in [-0.15, -0.1) is 0 Å². The molecule has 0 aliphatic rings. The SMILES string of the molecule is O=S(=O)(Cl)c1cc(Cl)c(F)c(Br)c1. The predicted molar refractivity (Wildman–Crippen MR) is 52.1 cm³/mol. The Morgan fingerprint density at radius 2 is 1.92 bits per heavy atom. The van der Waals surface area contributed by atoms with Crippen molar-refractivity contribution in [3.8, 4) is 0 Å². The number of rotatable bonds is 1. The molecule has 1 aromatic rings. The Morgan fingerprint density at radius 1 is 1.38 bits per heavy atom. The van der Waals surface area contributed by atoms with Crippen LogP contribution in [0.25, 0.3) is 0 Å². The van der Waals surface area contributed by atoms with E-state index in [9.17, 15) is 12.8 Å². The third-order valence-corrected chi connectivity index (χ3v) is 3.42. The summed E-state index contributed by atoms with van der Waals surface area (Å²) in [5.41, 5.74) is 0. The standard InChI is InChI=1S/C6H2BrCl2FO2S/c7-4-1-3(13(9,11)12)2-5(8)6(4)10/h1-2H. The molecule has 0 saturated carbocycles. The lowest BCUT2D eigenvalue weighted by atomic mass is 10.3. The van der Waals surface area contributed by atoms with Gasteiger partial charge in [0.2, 0.25) is 0 Å². The van der Waals surface area contributed by atoms with Crippen LogP contribution in [0.15, 0.2) is 21.5 Å². The summed E-state index contributed by atoms with van der Waals surface area (Å²) < 4.78 is 34.5. The van der Waals surface area contributed by atoms with E-state index in [2.05, 4.69) is 15.9 Å². The molecule has 0 radical (unpaired) electrons. The van der Waals surface area contributed by atoms with Crippen LogP contribution in [-0.4, -0.2) is 8.42 Å². The second-order valence-corrected chi connectivity index (χ2v) is 5.97. The third-order valence-electron chi connectivity index (χ3n) is 1.24. The smallest absolute Gasteiger partial charge is 0.207 e. The largest absolute Gasteiger partial charge is 0.261 e. The Hall–Kier alpha value is 0.160. The van der Waals surface area contributed by atoms with E-state index in [0.717, 1.165) is 12.1 Å². The monoisotopic (exact) mass is 306 g/mol. The number of hydrogen-bond donors (Lipinski definition) is 0. The first-order valence-electron chi connectivity index (χ1n) is 2.91. The van der Waals surface area contributed by atoms with E-state index in [1.165, 1.54) is 0 Å². The molecular weight excluding hydrogens is 306 g/mol. The average Bonchev–Trinajstić information content (AvgIpc) is 1.97. The Kier molecular flexibility index (Phi) is 3.22. The fourth-order valence-electron chi connectivity index (χ4n) is 0.673. The van der Waals surface area contributed by atoms with Crippen LogP contribution in [0, 0.1) is 5.82 Å². The molecule has 2 nitrogen and oxygen atoms in total. The number of hydrogen-bond acceptors (Lipinski definition) is 2. The molecule has 0 aliphatic heterocycles. The van der Waals surface area contributed by atoms with E-state index in [1.54, 1.807) is 0 Å². The molecule has 0 bridgehead atoms. The Balaban J connectivity index is 3.47. The van der Waals surface area contributed by atoms with Gasteiger partial charge in [-0.05, 0) is 28.1 Å². The van der Waals surface area contributed by atoms with Crippen molar-refractivity contribution in [2.45, 2.75) is 4.90 Å². The predicted octanol–water partition coefficient (Wildman–Crippen LogP) is 3.17. The second kappa shape index (κ2) is 3.73. The number of halogens is 4. The van der Waals surface area contributed by atoms with Crippen LogP contribution in [0.4, 0.5) is 4.39 Å². The van der Waals surface area contributed by atoms with Gasteiger partial charge in [-0.1, -0.05) is 11.6 Å². The van der Waals surface area contributed by atoms with E-state index in [1.807, 2.05) is 0 Å². The van der Waals surface area contributed by atoms with Gasteiger partial charge in [0, 0.05) is 10.7 Å². The highest BCUT2D eigenvalue weighted by molar-refractivity contribution is 9.10. The Bertz CT molecular complexity index is 423. The first-order chi connectivity index (χ1) is 5.82. The molecule has 1 aromatic carbocycles. The minimum Gasteiger partial charge on any atom is -0.207 e. The second-order valence-electron chi connectivity index (χ2n) is 2.14. The van der Waals surface area contributed by atoms with Gasteiger partial charge < -0.3 is 0 Å². The lowest BCUT2D eigenvalue weighted by Gasteiger charge is -2.00. The minimum absolute atomic E-state index is 0.0424. The van der Waals surface area contributed by atoms with E-state index < -0.39 is 14.9 Å². The molecule has 0 saturated heterocycles. The first kappa shape index (κ1) is 11.2. The summed E-state index contributed by atoms with van der Waals surface area (Å²) in [6.45, 7) is 0. The van der Waals surface area contributed by atoms with Crippen molar-refractivity contribution in [3.05, 3.63) is 27.4 Å². The summed E-state index contributed by atoms with van der Waals surface area (Å²) >= 11 is 8.20. The molecule has 13 heavy (non-hydrogen) atoms. The minimum atomic E-state index is -3.87. The van der Waals surface area contributed by atoms with Gasteiger partial charge in [0.25, 0.3) is 9.05 Å². The van der Waals surface area contributed by atoms with Gasteiger partial charge in [-0.2, -0.15) is 0 Å². The van der Waals surface area contributed by atoms with Gasteiger partial charge in [0.15, 0.2) is 5.82 Å². The maximum absolute atomic E-state index is 12.9. The lowest BCUT2D eigenvalue weighted by molar-refractivity contribution is 0.606. The summed E-state index contributed by atoms with van der Waals surface area (Å²) in [6.07, 6.45) is 0. The molecule has 0 fully saturated rings. The average molecular weight is 308 g/mol. The van der Waals surface area contributed by atoms with Crippen molar-refractivity contribution in [1.29, 1.82) is 0 Å². The zero-order chi connectivity index (χ0) is 10.2. The molecule has 72 valence electrons. The van der Waals surface area contributed by atoms with Crippen molar-refractivity contribution in [2.24, 2.45) is 0 Å². The fraction of sp³-hybridized carbons (Fsp3) is 0. The lowest BCUT2D eigenvalue weighted by Crippen LogP contribution is -1.92. The maximum atomic E-state index is 12.9. The summed E-state index contributed by atoms with van der Waals surface area (Å²) in [6, 6.07) is 1.99. The van der Waals surface area contributed by atoms with Crippen molar-refractivity contribution >= 4 is 47.3 Å². The molecule has 0 unspecified atom stereocenters. The Labute approximate surface area is 92.2 Å². The van der Waals surface area contributed by atoms with Crippen LogP contribution >= 0.6 is 38.2 Å². The molecule has 0 aromatic heterocycles. The highest BCUT2D eigenvalue weighted by Gasteiger charge is 2.15. The van der Waals surface area contributed by atoms with Crippen LogP contribution in [0.3, 0.4) is 0 Å². The van der Waals surface area contributed by atoms with Crippen LogP contribution in [-0.2, 0) is 9.05 Å². The van der Waals surface area contributed by atoms with E-state index >= 15 is 0 Å². The topological polar surface area (TPSA) is 34.1 Å². The summed E-state index contributed by atoms with van der Waals surface area (Å²) in [4.78, 5) is -0.243. The first-order valence-corrected chi connectivity index (χ1v) is 6.39.